The van der Waals surface area contributed by atoms with Crippen LogP contribution in [0.25, 0.3) is 0 Å². The molecule has 0 aliphatic rings. The Hall–Kier alpha value is -1.81. The highest BCUT2D eigenvalue weighted by Crippen LogP contribution is 2.28. The van der Waals surface area contributed by atoms with Crippen LogP contribution in [0, 0.1) is 25.1 Å². The zero-order valence-electron chi connectivity index (χ0n) is 11.5. The normalized spacial score (nSPS) is 10.6. The molecule has 0 saturated carbocycles. The number of thioether (sulfide) groups is 1. The van der Waals surface area contributed by atoms with Gasteiger partial charge >= 0.3 is 0 Å². The highest BCUT2D eigenvalue weighted by atomic mass is 32.2. The molecule has 104 valence electrons. The van der Waals surface area contributed by atoms with Gasteiger partial charge in [0.2, 0.25) is 0 Å². The molecule has 0 radical (unpaired) electrons. The summed E-state index contributed by atoms with van der Waals surface area (Å²) in [6, 6.07) is 11.2. The quantitative estimate of drug-likeness (QED) is 0.507. The number of hydrogen-bond donors (Lipinski definition) is 2. The summed E-state index contributed by atoms with van der Waals surface area (Å²) in [6.07, 6.45) is 0. The van der Waals surface area contributed by atoms with Gasteiger partial charge in [-0.1, -0.05) is 29.8 Å². The van der Waals surface area contributed by atoms with E-state index < -0.39 is 5.82 Å². The molecule has 0 atom stereocenters. The Labute approximate surface area is 122 Å². The Morgan fingerprint density at radius 2 is 2.00 bits per heavy atom. The van der Waals surface area contributed by atoms with Crippen molar-refractivity contribution in [3.8, 4) is 0 Å². The molecule has 0 bridgehead atoms. The van der Waals surface area contributed by atoms with Gasteiger partial charge in [0.15, 0.2) is 0 Å². The maximum Gasteiger partial charge on any atom is 0.138 e. The van der Waals surface area contributed by atoms with E-state index in [4.69, 9.17) is 11.1 Å². The number of benzene rings is 2. The molecule has 0 amide bonds. The average Bonchev–Trinajstić information content (AvgIpc) is 2.41. The molecular formula is C16H17FN2S. The second kappa shape index (κ2) is 6.09. The zero-order valence-corrected chi connectivity index (χ0v) is 12.4. The molecule has 0 aliphatic carbocycles. The SMILES string of the molecule is Cc1ccc(C)c(SCc2cccc(C(=N)N)c2F)c1. The summed E-state index contributed by atoms with van der Waals surface area (Å²) >= 11 is 1.60. The topological polar surface area (TPSA) is 49.9 Å². The number of amidine groups is 1. The first kappa shape index (κ1) is 14.6. The van der Waals surface area contributed by atoms with E-state index in [2.05, 4.69) is 18.2 Å². The fourth-order valence-electron chi connectivity index (χ4n) is 1.92. The van der Waals surface area contributed by atoms with Gasteiger partial charge in [0.05, 0.1) is 5.56 Å². The van der Waals surface area contributed by atoms with Crippen molar-refractivity contribution in [1.29, 1.82) is 5.41 Å². The van der Waals surface area contributed by atoms with Crippen molar-refractivity contribution in [3.05, 3.63) is 64.5 Å². The standard InChI is InChI=1S/C16H17FN2S/c1-10-6-7-11(2)14(8-10)20-9-12-4-3-5-13(15(12)17)16(18)19/h3-8H,9H2,1-2H3,(H3,18,19). The van der Waals surface area contributed by atoms with E-state index >= 15 is 0 Å². The van der Waals surface area contributed by atoms with Crippen LogP contribution >= 0.6 is 11.8 Å². The minimum Gasteiger partial charge on any atom is -0.384 e. The summed E-state index contributed by atoms with van der Waals surface area (Å²) in [4.78, 5) is 1.15. The van der Waals surface area contributed by atoms with Crippen molar-refractivity contribution in [2.45, 2.75) is 24.5 Å². The number of aryl methyl sites for hydroxylation is 2. The van der Waals surface area contributed by atoms with Crippen LogP contribution in [0.15, 0.2) is 41.3 Å². The molecule has 2 aromatic carbocycles. The van der Waals surface area contributed by atoms with Crippen LogP contribution in [0.4, 0.5) is 4.39 Å². The van der Waals surface area contributed by atoms with Gasteiger partial charge in [0.25, 0.3) is 0 Å². The van der Waals surface area contributed by atoms with Crippen LogP contribution in [-0.2, 0) is 5.75 Å². The molecule has 4 heteroatoms. The molecule has 0 aromatic heterocycles. The van der Waals surface area contributed by atoms with E-state index in [1.165, 1.54) is 17.2 Å². The van der Waals surface area contributed by atoms with Gasteiger partial charge in [0, 0.05) is 10.6 Å². The lowest BCUT2D eigenvalue weighted by atomic mass is 10.1. The first-order chi connectivity index (χ1) is 9.49. The number of hydrogen-bond acceptors (Lipinski definition) is 2. The van der Waals surface area contributed by atoms with Crippen LogP contribution in [0.3, 0.4) is 0 Å². The summed E-state index contributed by atoms with van der Waals surface area (Å²) in [5, 5.41) is 7.36. The third-order valence-electron chi connectivity index (χ3n) is 3.10. The molecule has 3 N–H and O–H groups in total. The zero-order chi connectivity index (χ0) is 14.7. The van der Waals surface area contributed by atoms with Crippen molar-refractivity contribution in [3.63, 3.8) is 0 Å². The largest absolute Gasteiger partial charge is 0.384 e. The van der Waals surface area contributed by atoms with Crippen molar-refractivity contribution in [2.24, 2.45) is 5.73 Å². The molecule has 0 heterocycles. The summed E-state index contributed by atoms with van der Waals surface area (Å²) < 4.78 is 14.2. The molecule has 0 fully saturated rings. The Bertz CT molecular complexity index is 653. The summed E-state index contributed by atoms with van der Waals surface area (Å²) in [6.45, 7) is 4.09. The summed E-state index contributed by atoms with van der Waals surface area (Å²) in [5.41, 5.74) is 8.49. The van der Waals surface area contributed by atoms with Crippen molar-refractivity contribution in [1.82, 2.24) is 0 Å². The maximum absolute atomic E-state index is 14.2. The van der Waals surface area contributed by atoms with E-state index in [0.717, 1.165) is 4.90 Å². The lowest BCUT2D eigenvalue weighted by molar-refractivity contribution is 0.614. The number of rotatable bonds is 4. The first-order valence-electron chi connectivity index (χ1n) is 6.31. The average molecular weight is 288 g/mol. The molecule has 0 saturated heterocycles. The van der Waals surface area contributed by atoms with Gasteiger partial charge in [-0.2, -0.15) is 0 Å². The van der Waals surface area contributed by atoms with Crippen molar-refractivity contribution >= 4 is 17.6 Å². The molecule has 0 unspecified atom stereocenters. The molecular weight excluding hydrogens is 271 g/mol. The highest BCUT2D eigenvalue weighted by molar-refractivity contribution is 7.98. The van der Waals surface area contributed by atoms with E-state index in [-0.39, 0.29) is 11.4 Å². The second-order valence-corrected chi connectivity index (χ2v) is 5.77. The Morgan fingerprint density at radius 3 is 2.70 bits per heavy atom. The van der Waals surface area contributed by atoms with Gasteiger partial charge < -0.3 is 5.73 Å². The number of nitrogens with one attached hydrogen (secondary N) is 1. The Morgan fingerprint density at radius 1 is 1.25 bits per heavy atom. The maximum atomic E-state index is 14.2. The van der Waals surface area contributed by atoms with Gasteiger partial charge in [-0.05, 0) is 37.1 Å². The smallest absolute Gasteiger partial charge is 0.138 e. The van der Waals surface area contributed by atoms with Crippen LogP contribution in [-0.4, -0.2) is 5.84 Å². The first-order valence-corrected chi connectivity index (χ1v) is 7.29. The van der Waals surface area contributed by atoms with E-state index in [1.807, 2.05) is 13.8 Å². The van der Waals surface area contributed by atoms with Crippen LogP contribution in [0.1, 0.15) is 22.3 Å². The fourth-order valence-corrected chi connectivity index (χ4v) is 3.02. The van der Waals surface area contributed by atoms with Crippen LogP contribution < -0.4 is 5.73 Å². The number of halogens is 1. The Kier molecular flexibility index (Phi) is 4.45. The highest BCUT2D eigenvalue weighted by Gasteiger charge is 2.10. The third-order valence-corrected chi connectivity index (χ3v) is 4.30. The molecule has 2 aromatic rings. The lowest BCUT2D eigenvalue weighted by Gasteiger charge is -2.09. The van der Waals surface area contributed by atoms with Gasteiger partial charge in [0.1, 0.15) is 11.7 Å². The molecule has 2 nitrogen and oxygen atoms in total. The monoisotopic (exact) mass is 288 g/mol. The van der Waals surface area contributed by atoms with Crippen molar-refractivity contribution < 1.29 is 4.39 Å². The predicted molar refractivity (Wildman–Crippen MR) is 82.9 cm³/mol. The van der Waals surface area contributed by atoms with Gasteiger partial charge in [-0.25, -0.2) is 4.39 Å². The minimum atomic E-state index is -0.391. The predicted octanol–water partition coefficient (Wildman–Crippen LogP) is 4.02. The van der Waals surface area contributed by atoms with Gasteiger partial charge in [-0.3, -0.25) is 5.41 Å². The number of nitrogens with two attached hydrogens (primary N) is 1. The summed E-state index contributed by atoms with van der Waals surface area (Å²) in [7, 11) is 0. The Balaban J connectivity index is 2.21. The molecule has 2 rings (SSSR count). The lowest BCUT2D eigenvalue weighted by Crippen LogP contribution is -2.14. The molecule has 0 spiro atoms. The van der Waals surface area contributed by atoms with E-state index in [0.29, 0.717) is 11.3 Å². The molecule has 0 aliphatic heterocycles. The third kappa shape index (κ3) is 3.20. The molecule has 20 heavy (non-hydrogen) atoms. The van der Waals surface area contributed by atoms with E-state index in [9.17, 15) is 4.39 Å². The second-order valence-electron chi connectivity index (χ2n) is 4.75. The minimum absolute atomic E-state index is 0.170. The van der Waals surface area contributed by atoms with E-state index in [1.54, 1.807) is 23.9 Å². The van der Waals surface area contributed by atoms with Crippen molar-refractivity contribution in [2.75, 3.05) is 0 Å². The summed E-state index contributed by atoms with van der Waals surface area (Å²) in [5.74, 6) is -0.101. The fraction of sp³-hybridized carbons (Fsp3) is 0.188. The van der Waals surface area contributed by atoms with Crippen LogP contribution in [0.2, 0.25) is 0 Å². The van der Waals surface area contributed by atoms with Gasteiger partial charge in [-0.15, -0.1) is 11.8 Å². The number of nitrogen functional groups attached to an aromatic ring is 1. The van der Waals surface area contributed by atoms with Crippen LogP contribution in [0.5, 0.6) is 0 Å².